The van der Waals surface area contributed by atoms with E-state index < -0.39 is 0 Å². The molecule has 2 rings (SSSR count). The summed E-state index contributed by atoms with van der Waals surface area (Å²) in [4.78, 5) is 4.43. The molecule has 1 nitrogen and oxygen atoms in total. The van der Waals surface area contributed by atoms with Crippen molar-refractivity contribution in [3.63, 3.8) is 0 Å². The van der Waals surface area contributed by atoms with E-state index in [1.807, 2.05) is 12.3 Å². The Bertz CT molecular complexity index is 337. The van der Waals surface area contributed by atoms with Gasteiger partial charge in [0.1, 0.15) is 0 Å². The summed E-state index contributed by atoms with van der Waals surface area (Å²) < 4.78 is 0. The molecular weight excluding hydrogens is 158 g/mol. The van der Waals surface area contributed by atoms with Crippen molar-refractivity contribution in [2.75, 3.05) is 0 Å². The molecule has 0 unspecified atom stereocenters. The van der Waals surface area contributed by atoms with Crippen LogP contribution in [-0.4, -0.2) is 4.98 Å². The minimum Gasteiger partial charge on any atom is -0.256 e. The molecule has 1 aromatic heterocycles. The van der Waals surface area contributed by atoms with Gasteiger partial charge in [-0.15, -0.1) is 0 Å². The standard InChI is InChI=1S/C12H15N/c1-9(2)8-11-6-5-10-4-3-7-13-12(10)11/h3-4,7-9H,5-6H2,1-2H3/b11-8+. The quantitative estimate of drug-likeness (QED) is 0.636. The van der Waals surface area contributed by atoms with Gasteiger partial charge in [-0.2, -0.15) is 0 Å². The fourth-order valence-corrected chi connectivity index (χ4v) is 1.88. The summed E-state index contributed by atoms with van der Waals surface area (Å²) in [5.41, 5.74) is 4.08. The van der Waals surface area contributed by atoms with Crippen LogP contribution in [0, 0.1) is 5.92 Å². The van der Waals surface area contributed by atoms with Crippen LogP contribution in [0.25, 0.3) is 5.57 Å². The lowest BCUT2D eigenvalue weighted by Crippen LogP contribution is -1.87. The van der Waals surface area contributed by atoms with Gasteiger partial charge in [-0.25, -0.2) is 0 Å². The van der Waals surface area contributed by atoms with E-state index in [1.54, 1.807) is 0 Å². The average Bonchev–Trinajstić information content (AvgIpc) is 2.48. The Labute approximate surface area is 79.5 Å². The van der Waals surface area contributed by atoms with Gasteiger partial charge in [0.25, 0.3) is 0 Å². The van der Waals surface area contributed by atoms with E-state index in [1.165, 1.54) is 29.7 Å². The molecule has 0 atom stereocenters. The van der Waals surface area contributed by atoms with Crippen molar-refractivity contribution in [3.8, 4) is 0 Å². The van der Waals surface area contributed by atoms with Crippen molar-refractivity contribution in [2.45, 2.75) is 26.7 Å². The van der Waals surface area contributed by atoms with Crippen LogP contribution < -0.4 is 0 Å². The lowest BCUT2D eigenvalue weighted by Gasteiger charge is -2.01. The molecule has 1 heterocycles. The predicted molar refractivity (Wildman–Crippen MR) is 55.4 cm³/mol. The molecule has 0 amide bonds. The monoisotopic (exact) mass is 173 g/mol. The summed E-state index contributed by atoms with van der Waals surface area (Å²) in [5, 5.41) is 0. The molecule has 0 radical (unpaired) electrons. The van der Waals surface area contributed by atoms with Crippen LogP contribution in [0.4, 0.5) is 0 Å². The second kappa shape index (κ2) is 3.33. The number of fused-ring (bicyclic) bond motifs is 1. The first-order valence-corrected chi connectivity index (χ1v) is 4.92. The van der Waals surface area contributed by atoms with Gasteiger partial charge in [0.05, 0.1) is 5.69 Å². The van der Waals surface area contributed by atoms with Crippen LogP contribution in [0.3, 0.4) is 0 Å². The molecule has 0 saturated carbocycles. The summed E-state index contributed by atoms with van der Waals surface area (Å²) in [7, 11) is 0. The highest BCUT2D eigenvalue weighted by Gasteiger charge is 2.16. The van der Waals surface area contributed by atoms with Crippen molar-refractivity contribution in [1.29, 1.82) is 0 Å². The first-order chi connectivity index (χ1) is 6.27. The van der Waals surface area contributed by atoms with Gasteiger partial charge in [-0.1, -0.05) is 26.0 Å². The molecule has 0 aliphatic heterocycles. The lowest BCUT2D eigenvalue weighted by atomic mass is 10.1. The van der Waals surface area contributed by atoms with E-state index in [9.17, 15) is 0 Å². The SMILES string of the molecule is CC(C)/C=C1\CCc2cccnc21. The molecule has 0 fully saturated rings. The molecule has 0 aromatic carbocycles. The normalized spacial score (nSPS) is 18.2. The lowest BCUT2D eigenvalue weighted by molar-refractivity contribution is 0.829. The highest BCUT2D eigenvalue weighted by molar-refractivity contribution is 5.69. The molecule has 0 saturated heterocycles. The Hall–Kier alpha value is -1.11. The Balaban J connectivity index is 2.38. The molecule has 1 aliphatic rings. The number of rotatable bonds is 1. The number of aryl methyl sites for hydroxylation is 1. The number of allylic oxidation sites excluding steroid dienone is 2. The zero-order valence-corrected chi connectivity index (χ0v) is 8.25. The smallest absolute Gasteiger partial charge is 0.0690 e. The van der Waals surface area contributed by atoms with E-state index in [0.29, 0.717) is 5.92 Å². The third-order valence-electron chi connectivity index (χ3n) is 2.39. The van der Waals surface area contributed by atoms with E-state index >= 15 is 0 Å². The molecule has 13 heavy (non-hydrogen) atoms. The fourth-order valence-electron chi connectivity index (χ4n) is 1.88. The van der Waals surface area contributed by atoms with Crippen molar-refractivity contribution in [2.24, 2.45) is 5.92 Å². The summed E-state index contributed by atoms with van der Waals surface area (Å²) in [6, 6.07) is 4.21. The van der Waals surface area contributed by atoms with Crippen LogP contribution in [-0.2, 0) is 6.42 Å². The average molecular weight is 173 g/mol. The second-order valence-corrected chi connectivity index (χ2v) is 3.95. The van der Waals surface area contributed by atoms with Gasteiger partial charge in [0.15, 0.2) is 0 Å². The third-order valence-corrected chi connectivity index (χ3v) is 2.39. The summed E-state index contributed by atoms with van der Waals surface area (Å²) >= 11 is 0. The van der Waals surface area contributed by atoms with Crippen LogP contribution in [0.2, 0.25) is 0 Å². The predicted octanol–water partition coefficient (Wildman–Crippen LogP) is 3.07. The largest absolute Gasteiger partial charge is 0.256 e. The Kier molecular flexibility index (Phi) is 2.17. The van der Waals surface area contributed by atoms with Crippen molar-refractivity contribution in [3.05, 3.63) is 35.7 Å². The molecule has 1 aromatic rings. The zero-order valence-electron chi connectivity index (χ0n) is 8.25. The van der Waals surface area contributed by atoms with E-state index in [2.05, 4.69) is 31.0 Å². The summed E-state index contributed by atoms with van der Waals surface area (Å²) in [6.45, 7) is 4.43. The second-order valence-electron chi connectivity index (χ2n) is 3.95. The molecule has 0 bridgehead atoms. The number of nitrogens with zero attached hydrogens (tertiary/aromatic N) is 1. The van der Waals surface area contributed by atoms with Crippen LogP contribution in [0.15, 0.2) is 24.4 Å². The first kappa shape index (κ1) is 8.49. The van der Waals surface area contributed by atoms with Crippen molar-refractivity contribution < 1.29 is 0 Å². The number of aromatic nitrogens is 1. The number of hydrogen-bond acceptors (Lipinski definition) is 1. The Morgan fingerprint density at radius 1 is 1.38 bits per heavy atom. The van der Waals surface area contributed by atoms with Gasteiger partial charge >= 0.3 is 0 Å². The van der Waals surface area contributed by atoms with E-state index in [4.69, 9.17) is 0 Å². The first-order valence-electron chi connectivity index (χ1n) is 4.92. The molecule has 68 valence electrons. The molecule has 1 heteroatoms. The maximum absolute atomic E-state index is 4.43. The van der Waals surface area contributed by atoms with Gasteiger partial charge in [0.2, 0.25) is 0 Å². The maximum atomic E-state index is 4.43. The number of pyridine rings is 1. The minimum atomic E-state index is 0.628. The van der Waals surface area contributed by atoms with Crippen LogP contribution in [0.1, 0.15) is 31.5 Å². The molecule has 0 N–H and O–H groups in total. The van der Waals surface area contributed by atoms with Gasteiger partial charge in [-0.3, -0.25) is 4.98 Å². The minimum absolute atomic E-state index is 0.628. The molecular formula is C12H15N. The topological polar surface area (TPSA) is 12.9 Å². The highest BCUT2D eigenvalue weighted by Crippen LogP contribution is 2.30. The van der Waals surface area contributed by atoms with E-state index in [-0.39, 0.29) is 0 Å². The summed E-state index contributed by atoms with van der Waals surface area (Å²) in [5.74, 6) is 0.628. The molecule has 1 aliphatic carbocycles. The molecule has 0 spiro atoms. The van der Waals surface area contributed by atoms with Gasteiger partial charge < -0.3 is 0 Å². The Morgan fingerprint density at radius 3 is 3.00 bits per heavy atom. The zero-order chi connectivity index (χ0) is 9.26. The maximum Gasteiger partial charge on any atom is 0.0690 e. The van der Waals surface area contributed by atoms with Gasteiger partial charge in [-0.05, 0) is 36.0 Å². The summed E-state index contributed by atoms with van der Waals surface area (Å²) in [6.07, 6.45) is 6.56. The van der Waals surface area contributed by atoms with Crippen molar-refractivity contribution >= 4 is 5.57 Å². The fraction of sp³-hybridized carbons (Fsp3) is 0.417. The number of hydrogen-bond donors (Lipinski definition) is 0. The van der Waals surface area contributed by atoms with Gasteiger partial charge in [0, 0.05) is 6.20 Å². The van der Waals surface area contributed by atoms with Crippen LogP contribution >= 0.6 is 0 Å². The third kappa shape index (κ3) is 1.64. The highest BCUT2D eigenvalue weighted by atomic mass is 14.7. The van der Waals surface area contributed by atoms with E-state index in [0.717, 1.165) is 0 Å². The van der Waals surface area contributed by atoms with Crippen molar-refractivity contribution in [1.82, 2.24) is 4.98 Å². The Morgan fingerprint density at radius 2 is 2.23 bits per heavy atom. The van der Waals surface area contributed by atoms with Crippen LogP contribution in [0.5, 0.6) is 0 Å².